The Morgan fingerprint density at radius 3 is 2.25 bits per heavy atom. The van der Waals surface area contributed by atoms with Crippen molar-refractivity contribution >= 4 is 5.97 Å². The van der Waals surface area contributed by atoms with Crippen LogP contribution in [0.4, 0.5) is 0 Å². The quantitative estimate of drug-likeness (QED) is 0.329. The molecule has 0 aliphatic heterocycles. The van der Waals surface area contributed by atoms with E-state index in [1.165, 1.54) is 6.92 Å². The Labute approximate surface area is 92.9 Å². The van der Waals surface area contributed by atoms with Crippen molar-refractivity contribution in [1.82, 2.24) is 0 Å². The number of ether oxygens (including phenoxy) is 1. The van der Waals surface area contributed by atoms with Gasteiger partial charge in [-0.05, 0) is 13.3 Å². The number of carboxylic acids is 1. The van der Waals surface area contributed by atoms with Gasteiger partial charge in [0, 0.05) is 6.61 Å². The molecular weight excluding hydrogens is 220 g/mol. The summed E-state index contributed by atoms with van der Waals surface area (Å²) in [7, 11) is 0. The van der Waals surface area contributed by atoms with Gasteiger partial charge in [0.25, 0.3) is 0 Å². The van der Waals surface area contributed by atoms with Crippen molar-refractivity contribution < 1.29 is 35.1 Å². The molecule has 0 saturated carbocycles. The van der Waals surface area contributed by atoms with Gasteiger partial charge in [-0.3, -0.25) is 0 Å². The van der Waals surface area contributed by atoms with Crippen molar-refractivity contribution in [3.8, 4) is 0 Å². The van der Waals surface area contributed by atoms with Gasteiger partial charge in [-0.15, -0.1) is 0 Å². The fourth-order valence-corrected chi connectivity index (χ4v) is 0.972. The third-order valence-corrected chi connectivity index (χ3v) is 2.08. The molecule has 96 valence electrons. The molecule has 0 bridgehead atoms. The first-order valence-electron chi connectivity index (χ1n) is 4.89. The molecule has 0 aliphatic carbocycles. The van der Waals surface area contributed by atoms with Gasteiger partial charge in [0.15, 0.2) is 6.10 Å². The average molecular weight is 238 g/mol. The topological polar surface area (TPSA) is 127 Å². The molecule has 4 unspecified atom stereocenters. The second-order valence-corrected chi connectivity index (χ2v) is 3.45. The zero-order valence-corrected chi connectivity index (χ0v) is 8.98. The van der Waals surface area contributed by atoms with Crippen LogP contribution in [-0.4, -0.2) is 69.1 Å². The number of hydrogen-bond acceptors (Lipinski definition) is 6. The molecule has 7 heteroatoms. The summed E-state index contributed by atoms with van der Waals surface area (Å²) in [6.07, 6.45) is -5.33. The number of hydrogen-bond donors (Lipinski definition) is 5. The van der Waals surface area contributed by atoms with E-state index in [-0.39, 0.29) is 13.0 Å². The lowest BCUT2D eigenvalue weighted by atomic mass is 10.1. The van der Waals surface area contributed by atoms with Crippen LogP contribution in [0.15, 0.2) is 0 Å². The summed E-state index contributed by atoms with van der Waals surface area (Å²) in [5.41, 5.74) is 0. The lowest BCUT2D eigenvalue weighted by Gasteiger charge is -2.23. The molecular formula is C9H18O7. The highest BCUT2D eigenvalue weighted by Crippen LogP contribution is 2.05. The van der Waals surface area contributed by atoms with Gasteiger partial charge in [0.05, 0.1) is 12.7 Å². The molecule has 0 aliphatic rings. The molecule has 0 spiro atoms. The Bertz CT molecular complexity index is 208. The van der Waals surface area contributed by atoms with E-state index in [9.17, 15) is 20.1 Å². The standard InChI is InChI=1S/C9H18O7/c1-5(9(14)15)16-4-7(12)8(13)6(11)2-3-10/h5-8,10-13H,2-4H2,1H3,(H,14,15). The van der Waals surface area contributed by atoms with Crippen molar-refractivity contribution in [3.05, 3.63) is 0 Å². The van der Waals surface area contributed by atoms with Crippen LogP contribution in [0.5, 0.6) is 0 Å². The summed E-state index contributed by atoms with van der Waals surface area (Å²) < 4.78 is 4.73. The molecule has 0 rings (SSSR count). The Hall–Kier alpha value is -0.730. The maximum Gasteiger partial charge on any atom is 0.332 e. The Morgan fingerprint density at radius 2 is 1.81 bits per heavy atom. The molecule has 0 fully saturated rings. The first-order valence-corrected chi connectivity index (χ1v) is 4.89. The van der Waals surface area contributed by atoms with Crippen molar-refractivity contribution in [1.29, 1.82) is 0 Å². The van der Waals surface area contributed by atoms with Crippen LogP contribution in [-0.2, 0) is 9.53 Å². The van der Waals surface area contributed by atoms with Gasteiger partial charge in [-0.1, -0.05) is 0 Å². The van der Waals surface area contributed by atoms with Crippen LogP contribution in [0.25, 0.3) is 0 Å². The van der Waals surface area contributed by atoms with Crippen LogP contribution in [0.3, 0.4) is 0 Å². The van der Waals surface area contributed by atoms with Crippen LogP contribution >= 0.6 is 0 Å². The van der Waals surface area contributed by atoms with E-state index >= 15 is 0 Å². The molecule has 0 radical (unpaired) electrons. The Kier molecular flexibility index (Phi) is 7.18. The summed E-state index contributed by atoms with van der Waals surface area (Å²) in [4.78, 5) is 10.4. The predicted molar refractivity (Wildman–Crippen MR) is 52.8 cm³/mol. The SMILES string of the molecule is CC(OCC(O)C(O)C(O)CCO)C(=O)O. The van der Waals surface area contributed by atoms with Gasteiger partial charge < -0.3 is 30.3 Å². The third-order valence-electron chi connectivity index (χ3n) is 2.08. The van der Waals surface area contributed by atoms with E-state index < -0.39 is 37.0 Å². The first-order chi connectivity index (χ1) is 7.40. The number of aliphatic carboxylic acids is 1. The van der Waals surface area contributed by atoms with Gasteiger partial charge in [-0.2, -0.15) is 0 Å². The average Bonchev–Trinajstić information content (AvgIpc) is 2.24. The van der Waals surface area contributed by atoms with Gasteiger partial charge in [0.1, 0.15) is 12.2 Å². The Morgan fingerprint density at radius 1 is 1.25 bits per heavy atom. The highest BCUT2D eigenvalue weighted by Gasteiger charge is 2.25. The summed E-state index contributed by atoms with van der Waals surface area (Å²) in [6, 6.07) is 0. The van der Waals surface area contributed by atoms with E-state index in [4.69, 9.17) is 14.9 Å². The molecule has 5 N–H and O–H groups in total. The zero-order chi connectivity index (χ0) is 12.7. The number of rotatable bonds is 8. The molecule has 0 aromatic heterocycles. The second-order valence-electron chi connectivity index (χ2n) is 3.45. The van der Waals surface area contributed by atoms with Crippen LogP contribution < -0.4 is 0 Å². The maximum absolute atomic E-state index is 10.4. The third kappa shape index (κ3) is 5.38. The molecule has 0 heterocycles. The van der Waals surface area contributed by atoms with Gasteiger partial charge in [-0.25, -0.2) is 4.79 Å². The summed E-state index contributed by atoms with van der Waals surface area (Å²) in [6.45, 7) is 0.556. The van der Waals surface area contributed by atoms with Crippen molar-refractivity contribution in [2.75, 3.05) is 13.2 Å². The van der Waals surface area contributed by atoms with E-state index in [0.717, 1.165) is 0 Å². The summed E-state index contributed by atoms with van der Waals surface area (Å²) in [5.74, 6) is -1.18. The second kappa shape index (κ2) is 7.53. The van der Waals surface area contributed by atoms with E-state index in [1.807, 2.05) is 0 Å². The molecule has 4 atom stereocenters. The summed E-state index contributed by atoms with van der Waals surface area (Å²) in [5, 5.41) is 44.9. The number of carbonyl (C=O) groups is 1. The lowest BCUT2D eigenvalue weighted by Crippen LogP contribution is -2.41. The molecule has 0 aromatic rings. The largest absolute Gasteiger partial charge is 0.479 e. The smallest absolute Gasteiger partial charge is 0.332 e. The zero-order valence-electron chi connectivity index (χ0n) is 8.98. The maximum atomic E-state index is 10.4. The number of aliphatic hydroxyl groups is 4. The fraction of sp³-hybridized carbons (Fsp3) is 0.889. The van der Waals surface area contributed by atoms with Gasteiger partial charge in [0.2, 0.25) is 0 Å². The van der Waals surface area contributed by atoms with Crippen LogP contribution in [0, 0.1) is 0 Å². The highest BCUT2D eigenvalue weighted by atomic mass is 16.5. The van der Waals surface area contributed by atoms with Crippen molar-refractivity contribution in [3.63, 3.8) is 0 Å². The molecule has 0 amide bonds. The molecule has 0 aromatic carbocycles. The van der Waals surface area contributed by atoms with Crippen molar-refractivity contribution in [2.45, 2.75) is 37.8 Å². The molecule has 7 nitrogen and oxygen atoms in total. The van der Waals surface area contributed by atoms with E-state index in [2.05, 4.69) is 0 Å². The minimum atomic E-state index is -1.48. The lowest BCUT2D eigenvalue weighted by molar-refractivity contribution is -0.154. The van der Waals surface area contributed by atoms with Crippen LogP contribution in [0.2, 0.25) is 0 Å². The molecule has 0 saturated heterocycles. The number of aliphatic hydroxyl groups excluding tert-OH is 4. The number of carboxylic acid groups (broad SMARTS) is 1. The fourth-order valence-electron chi connectivity index (χ4n) is 0.972. The minimum Gasteiger partial charge on any atom is -0.479 e. The first kappa shape index (κ1) is 15.3. The monoisotopic (exact) mass is 238 g/mol. The minimum absolute atomic E-state index is 0.0767. The summed E-state index contributed by atoms with van der Waals surface area (Å²) >= 11 is 0. The highest BCUT2D eigenvalue weighted by molar-refractivity contribution is 5.71. The van der Waals surface area contributed by atoms with Crippen LogP contribution in [0.1, 0.15) is 13.3 Å². The van der Waals surface area contributed by atoms with Gasteiger partial charge >= 0.3 is 5.97 Å². The normalized spacial score (nSPS) is 18.8. The van der Waals surface area contributed by atoms with E-state index in [0.29, 0.717) is 0 Å². The van der Waals surface area contributed by atoms with Crippen molar-refractivity contribution in [2.24, 2.45) is 0 Å². The Balaban J connectivity index is 3.95. The predicted octanol–water partition coefficient (Wildman–Crippen LogP) is -2.06. The molecule has 16 heavy (non-hydrogen) atoms. The van der Waals surface area contributed by atoms with E-state index in [1.54, 1.807) is 0 Å².